The van der Waals surface area contributed by atoms with Gasteiger partial charge in [0.25, 0.3) is 0 Å². The summed E-state index contributed by atoms with van der Waals surface area (Å²) in [5.74, 6) is -1.03. The van der Waals surface area contributed by atoms with Gasteiger partial charge in [-0.1, -0.05) is 61.4 Å². The standard InChI is InChI=1S/C23H29NO4S.Na/c25-22(26)13-2-1-5-14-23(15-6-7-16-23)17-18-24-29(27,28)21-12-8-10-19-9-3-4-11-20(19)21;/h1,3-5,8-12,24H,2,6-7,13-18H2,(H,25,26);/q;+1/p-1/b5-1-;. The van der Waals surface area contributed by atoms with Crippen LogP contribution in [0, 0.1) is 5.41 Å². The van der Waals surface area contributed by atoms with Crippen molar-refractivity contribution < 1.29 is 47.9 Å². The van der Waals surface area contributed by atoms with Crippen LogP contribution in [-0.2, 0) is 14.8 Å². The van der Waals surface area contributed by atoms with Crippen LogP contribution in [0.3, 0.4) is 0 Å². The zero-order chi connectivity index (χ0) is 20.7. The van der Waals surface area contributed by atoms with Crippen LogP contribution in [-0.4, -0.2) is 20.9 Å². The number of aliphatic carboxylic acids is 1. The molecule has 0 saturated heterocycles. The van der Waals surface area contributed by atoms with E-state index in [-0.39, 0.29) is 41.4 Å². The Morgan fingerprint density at radius 3 is 2.50 bits per heavy atom. The summed E-state index contributed by atoms with van der Waals surface area (Å²) in [7, 11) is -3.58. The Bertz CT molecular complexity index is 976. The summed E-state index contributed by atoms with van der Waals surface area (Å²) in [4.78, 5) is 10.8. The predicted octanol–water partition coefficient (Wildman–Crippen LogP) is 0.549. The largest absolute Gasteiger partial charge is 1.00 e. The molecule has 0 spiro atoms. The van der Waals surface area contributed by atoms with Crippen LogP contribution < -0.4 is 39.4 Å². The molecule has 0 radical (unpaired) electrons. The first-order valence-electron chi connectivity index (χ1n) is 10.2. The third-order valence-electron chi connectivity index (χ3n) is 5.88. The minimum Gasteiger partial charge on any atom is -0.550 e. The molecule has 7 heteroatoms. The molecule has 5 nitrogen and oxygen atoms in total. The number of nitrogens with one attached hydrogen (secondary N) is 1. The molecule has 1 aliphatic rings. The summed E-state index contributed by atoms with van der Waals surface area (Å²) in [6.07, 6.45) is 10.6. The molecule has 1 N–H and O–H groups in total. The first-order chi connectivity index (χ1) is 13.9. The number of hydrogen-bond donors (Lipinski definition) is 1. The zero-order valence-corrected chi connectivity index (χ0v) is 20.4. The van der Waals surface area contributed by atoms with Gasteiger partial charge >= 0.3 is 29.6 Å². The second-order valence-electron chi connectivity index (χ2n) is 7.92. The summed E-state index contributed by atoms with van der Waals surface area (Å²) in [5.41, 5.74) is 0.0965. The van der Waals surface area contributed by atoms with E-state index in [0.717, 1.165) is 49.3 Å². The minimum absolute atomic E-state index is 0. The minimum atomic E-state index is -3.58. The molecule has 30 heavy (non-hydrogen) atoms. The quantitative estimate of drug-likeness (QED) is 0.435. The molecule has 0 bridgehead atoms. The van der Waals surface area contributed by atoms with E-state index >= 15 is 0 Å². The zero-order valence-electron chi connectivity index (χ0n) is 17.6. The molecule has 0 amide bonds. The van der Waals surface area contributed by atoms with E-state index in [1.165, 1.54) is 0 Å². The molecule has 3 rings (SSSR count). The van der Waals surface area contributed by atoms with E-state index in [0.29, 0.717) is 17.9 Å². The first-order valence-corrected chi connectivity index (χ1v) is 11.7. The van der Waals surface area contributed by atoms with Gasteiger partial charge in [-0.05, 0) is 55.4 Å². The summed E-state index contributed by atoms with van der Waals surface area (Å²) in [6.45, 7) is 0.401. The number of sulfonamides is 1. The van der Waals surface area contributed by atoms with Crippen LogP contribution in [0.25, 0.3) is 10.8 Å². The Morgan fingerprint density at radius 1 is 1.07 bits per heavy atom. The second kappa shape index (κ2) is 11.4. The molecule has 1 saturated carbocycles. The van der Waals surface area contributed by atoms with E-state index in [1.807, 2.05) is 42.5 Å². The Labute approximate surface area is 201 Å². The van der Waals surface area contributed by atoms with E-state index in [9.17, 15) is 18.3 Å². The van der Waals surface area contributed by atoms with Crippen molar-refractivity contribution in [3.63, 3.8) is 0 Å². The smallest absolute Gasteiger partial charge is 0.550 e. The first kappa shape index (κ1) is 25.1. The number of allylic oxidation sites excluding steroid dienone is 2. The molecule has 0 aromatic heterocycles. The van der Waals surface area contributed by atoms with Crippen molar-refractivity contribution in [2.45, 2.75) is 56.3 Å². The maximum atomic E-state index is 12.9. The number of rotatable bonds is 10. The molecule has 2 aromatic rings. The Hall–Kier alpha value is -1.18. The monoisotopic (exact) mass is 437 g/mol. The third kappa shape index (κ3) is 6.66. The fourth-order valence-corrected chi connectivity index (χ4v) is 5.55. The van der Waals surface area contributed by atoms with Crippen LogP contribution in [0.2, 0.25) is 0 Å². The average molecular weight is 438 g/mol. The molecule has 0 atom stereocenters. The number of carboxylic acid groups (broad SMARTS) is 1. The van der Waals surface area contributed by atoms with Gasteiger partial charge in [-0.3, -0.25) is 0 Å². The number of carbonyl (C=O) groups excluding carboxylic acids is 1. The molecular formula is C23H28NNaO4S. The fraction of sp³-hybridized carbons (Fsp3) is 0.435. The summed E-state index contributed by atoms with van der Waals surface area (Å²) in [5, 5.41) is 12.1. The normalized spacial score (nSPS) is 16.0. The molecular weight excluding hydrogens is 409 g/mol. The van der Waals surface area contributed by atoms with Crippen LogP contribution in [0.1, 0.15) is 51.4 Å². The van der Waals surface area contributed by atoms with Gasteiger partial charge < -0.3 is 9.90 Å². The van der Waals surface area contributed by atoms with E-state index in [1.54, 1.807) is 12.1 Å². The Kier molecular flexibility index (Phi) is 9.57. The van der Waals surface area contributed by atoms with Crippen molar-refractivity contribution in [2.24, 2.45) is 5.41 Å². The van der Waals surface area contributed by atoms with Gasteiger partial charge in [0.05, 0.1) is 4.90 Å². The van der Waals surface area contributed by atoms with Gasteiger partial charge in [-0.2, -0.15) is 0 Å². The molecule has 2 aromatic carbocycles. The van der Waals surface area contributed by atoms with Crippen molar-refractivity contribution in [3.05, 3.63) is 54.6 Å². The molecule has 0 unspecified atom stereocenters. The predicted molar refractivity (Wildman–Crippen MR) is 113 cm³/mol. The van der Waals surface area contributed by atoms with Gasteiger partial charge in [-0.25, -0.2) is 13.1 Å². The van der Waals surface area contributed by atoms with Crippen molar-refractivity contribution in [3.8, 4) is 0 Å². The van der Waals surface area contributed by atoms with Gasteiger partial charge in [0.15, 0.2) is 0 Å². The van der Waals surface area contributed by atoms with Crippen LogP contribution >= 0.6 is 0 Å². The number of carboxylic acids is 1. The maximum absolute atomic E-state index is 12.9. The van der Waals surface area contributed by atoms with E-state index < -0.39 is 16.0 Å². The maximum Gasteiger partial charge on any atom is 1.00 e. The van der Waals surface area contributed by atoms with Crippen molar-refractivity contribution in [1.29, 1.82) is 0 Å². The summed E-state index contributed by atoms with van der Waals surface area (Å²) in [6, 6.07) is 12.8. The Morgan fingerprint density at radius 2 is 1.77 bits per heavy atom. The van der Waals surface area contributed by atoms with Crippen molar-refractivity contribution in [2.75, 3.05) is 6.54 Å². The van der Waals surface area contributed by atoms with Crippen LogP contribution in [0.5, 0.6) is 0 Å². The molecule has 0 aliphatic heterocycles. The number of hydrogen-bond acceptors (Lipinski definition) is 4. The molecule has 1 aliphatic carbocycles. The topological polar surface area (TPSA) is 86.3 Å². The molecule has 0 heterocycles. The third-order valence-corrected chi connectivity index (χ3v) is 7.40. The number of benzene rings is 2. The van der Waals surface area contributed by atoms with Crippen molar-refractivity contribution in [1.82, 2.24) is 4.72 Å². The Balaban J connectivity index is 0.00000320. The van der Waals surface area contributed by atoms with Crippen molar-refractivity contribution >= 4 is 26.8 Å². The fourth-order valence-electron chi connectivity index (χ4n) is 4.29. The van der Waals surface area contributed by atoms with E-state index in [2.05, 4.69) is 4.72 Å². The van der Waals surface area contributed by atoms with Gasteiger partial charge in [0.2, 0.25) is 10.0 Å². The van der Waals surface area contributed by atoms with Gasteiger partial charge in [0.1, 0.15) is 0 Å². The van der Waals surface area contributed by atoms with Crippen LogP contribution in [0.4, 0.5) is 0 Å². The molecule has 1 fully saturated rings. The summed E-state index contributed by atoms with van der Waals surface area (Å²) >= 11 is 0. The van der Waals surface area contributed by atoms with Gasteiger partial charge in [-0.15, -0.1) is 0 Å². The number of carbonyl (C=O) groups is 1. The SMILES string of the molecule is O=C([O-])CC/C=C\CC1(CCNS(=O)(=O)c2cccc3ccccc23)CCCC1.[Na+]. The average Bonchev–Trinajstić information content (AvgIpc) is 3.15. The molecule has 156 valence electrons. The van der Waals surface area contributed by atoms with Gasteiger partial charge in [0, 0.05) is 17.9 Å². The second-order valence-corrected chi connectivity index (χ2v) is 9.65. The number of fused-ring (bicyclic) bond motifs is 1. The van der Waals surface area contributed by atoms with E-state index in [4.69, 9.17) is 0 Å². The van der Waals surface area contributed by atoms with Crippen LogP contribution in [0.15, 0.2) is 59.5 Å². The summed E-state index contributed by atoms with van der Waals surface area (Å²) < 4.78 is 28.6.